The van der Waals surface area contributed by atoms with Crippen molar-refractivity contribution in [2.75, 3.05) is 40.9 Å². The predicted octanol–water partition coefficient (Wildman–Crippen LogP) is 5.68. The third kappa shape index (κ3) is 7.31. The first-order valence-electron chi connectivity index (χ1n) is 14.2. The second-order valence-corrected chi connectivity index (χ2v) is 11.0. The van der Waals surface area contributed by atoms with Crippen LogP contribution in [0.4, 0.5) is 0 Å². The van der Waals surface area contributed by atoms with Gasteiger partial charge in [-0.1, -0.05) is 50.2 Å². The summed E-state index contributed by atoms with van der Waals surface area (Å²) in [4.78, 5) is 30.1. The van der Waals surface area contributed by atoms with Crippen LogP contribution in [0, 0.1) is 5.92 Å². The van der Waals surface area contributed by atoms with Gasteiger partial charge in [-0.2, -0.15) is 0 Å². The number of likely N-dealkylation sites (tertiary alicyclic amines) is 1. The monoisotopic (exact) mass is 572 g/mol. The minimum absolute atomic E-state index is 0.0345. The van der Waals surface area contributed by atoms with Crippen molar-refractivity contribution in [2.24, 2.45) is 5.92 Å². The van der Waals surface area contributed by atoms with Crippen molar-refractivity contribution in [3.05, 3.63) is 95.1 Å². The van der Waals surface area contributed by atoms with Crippen LogP contribution in [-0.4, -0.2) is 67.5 Å². The average molecular weight is 573 g/mol. The van der Waals surface area contributed by atoms with E-state index in [1.54, 1.807) is 43.5 Å². The van der Waals surface area contributed by atoms with E-state index in [9.17, 15) is 14.7 Å². The minimum Gasteiger partial charge on any atom is -0.507 e. The molecule has 42 heavy (non-hydrogen) atoms. The maximum Gasteiger partial charge on any atom is 0.295 e. The molecule has 1 N–H and O–H groups in total. The number of hydrogen-bond donors (Lipinski definition) is 1. The molecule has 222 valence electrons. The first-order chi connectivity index (χ1) is 20.2. The highest BCUT2D eigenvalue weighted by molar-refractivity contribution is 6.46. The van der Waals surface area contributed by atoms with E-state index in [1.165, 1.54) is 4.90 Å². The molecule has 1 fully saturated rings. The Hall–Kier alpha value is -4.30. The number of ketones is 1. The van der Waals surface area contributed by atoms with E-state index in [0.29, 0.717) is 60.6 Å². The molecule has 0 bridgehead atoms. The number of aliphatic hydroxyl groups excluding tert-OH is 1. The molecule has 0 aromatic heterocycles. The zero-order valence-electron chi connectivity index (χ0n) is 25.0. The number of carbonyl (C=O) groups is 2. The molecule has 3 aromatic carbocycles. The van der Waals surface area contributed by atoms with Crippen LogP contribution >= 0.6 is 0 Å². The summed E-state index contributed by atoms with van der Waals surface area (Å²) < 4.78 is 17.5. The molecule has 1 aliphatic heterocycles. The summed E-state index contributed by atoms with van der Waals surface area (Å²) in [7, 11) is 5.36. The van der Waals surface area contributed by atoms with Crippen LogP contribution in [-0.2, 0) is 16.2 Å². The number of aliphatic hydroxyl groups is 1. The molecule has 0 saturated carbocycles. The molecule has 1 aliphatic rings. The van der Waals surface area contributed by atoms with E-state index in [1.807, 2.05) is 55.4 Å². The number of ether oxygens (including phenoxy) is 3. The van der Waals surface area contributed by atoms with Crippen LogP contribution in [0.25, 0.3) is 5.76 Å². The Bertz CT molecular complexity index is 1400. The summed E-state index contributed by atoms with van der Waals surface area (Å²) in [5.74, 6) is 0.579. The molecule has 3 aromatic rings. The fraction of sp³-hybridized carbons (Fsp3) is 0.353. The van der Waals surface area contributed by atoms with Gasteiger partial charge in [-0.3, -0.25) is 9.59 Å². The highest BCUT2D eigenvalue weighted by Crippen LogP contribution is 2.42. The lowest BCUT2D eigenvalue weighted by molar-refractivity contribution is -0.140. The van der Waals surface area contributed by atoms with Crippen LogP contribution in [0.3, 0.4) is 0 Å². The lowest BCUT2D eigenvalue weighted by Crippen LogP contribution is -2.35. The summed E-state index contributed by atoms with van der Waals surface area (Å²) >= 11 is 0. The Morgan fingerprint density at radius 2 is 1.67 bits per heavy atom. The van der Waals surface area contributed by atoms with E-state index in [4.69, 9.17) is 14.2 Å². The molecule has 1 heterocycles. The molecule has 8 nitrogen and oxygen atoms in total. The first kappa shape index (κ1) is 30.7. The molecule has 0 aliphatic carbocycles. The van der Waals surface area contributed by atoms with Gasteiger partial charge in [0.25, 0.3) is 11.7 Å². The van der Waals surface area contributed by atoms with Gasteiger partial charge in [0.1, 0.15) is 18.1 Å². The molecule has 1 unspecified atom stereocenters. The second kappa shape index (κ2) is 14.0. The van der Waals surface area contributed by atoms with Gasteiger partial charge in [-0.25, -0.2) is 0 Å². The standard InChI is InChI=1S/C34H40N2O6/c1-23(2)17-20-41-28-16-13-26(21-29(28)40-5)31-30(33(38)34(39)36(31)19-18-35(3)4)32(37)25-11-14-27(15-12-25)42-22-24-9-7-6-8-10-24/h6-16,21,23,31,37H,17-20,22H2,1-5H3. The number of benzene rings is 3. The maximum atomic E-state index is 13.4. The highest BCUT2D eigenvalue weighted by Gasteiger charge is 2.46. The average Bonchev–Trinajstić information content (AvgIpc) is 3.24. The zero-order valence-corrected chi connectivity index (χ0v) is 25.0. The van der Waals surface area contributed by atoms with Crippen molar-refractivity contribution in [3.8, 4) is 17.2 Å². The molecule has 1 atom stereocenters. The SMILES string of the molecule is COc1cc(C2C(=C(O)c3ccc(OCc4ccccc4)cc3)C(=O)C(=O)N2CCN(C)C)ccc1OCCC(C)C. The largest absolute Gasteiger partial charge is 0.507 e. The minimum atomic E-state index is -0.794. The maximum absolute atomic E-state index is 13.4. The van der Waals surface area contributed by atoms with E-state index in [0.717, 1.165) is 12.0 Å². The molecule has 0 spiro atoms. The van der Waals surface area contributed by atoms with Gasteiger partial charge in [-0.15, -0.1) is 0 Å². The third-order valence-electron chi connectivity index (χ3n) is 7.16. The number of Topliss-reactive ketones (excluding diaryl/α,β-unsaturated/α-hetero) is 1. The number of hydrogen-bond acceptors (Lipinski definition) is 7. The topological polar surface area (TPSA) is 88.5 Å². The summed E-state index contributed by atoms with van der Waals surface area (Å²) in [6.07, 6.45) is 0.895. The Balaban J connectivity index is 1.67. The van der Waals surface area contributed by atoms with Gasteiger partial charge >= 0.3 is 0 Å². The third-order valence-corrected chi connectivity index (χ3v) is 7.16. The Labute approximate surface area is 248 Å². The molecule has 1 amide bonds. The van der Waals surface area contributed by atoms with Crippen molar-refractivity contribution in [3.63, 3.8) is 0 Å². The summed E-state index contributed by atoms with van der Waals surface area (Å²) in [5, 5.41) is 11.5. The highest BCUT2D eigenvalue weighted by atomic mass is 16.5. The second-order valence-electron chi connectivity index (χ2n) is 11.0. The summed E-state index contributed by atoms with van der Waals surface area (Å²) in [6.45, 7) is 6.06. The van der Waals surface area contributed by atoms with Crippen LogP contribution in [0.15, 0.2) is 78.4 Å². The summed E-state index contributed by atoms with van der Waals surface area (Å²) in [5.41, 5.74) is 2.13. The molecule has 1 saturated heterocycles. The van der Waals surface area contributed by atoms with E-state index >= 15 is 0 Å². The van der Waals surface area contributed by atoms with Gasteiger partial charge in [0.2, 0.25) is 0 Å². The van der Waals surface area contributed by atoms with Crippen molar-refractivity contribution < 1.29 is 28.9 Å². The number of rotatable bonds is 13. The Morgan fingerprint density at radius 1 is 0.952 bits per heavy atom. The Kier molecular flexibility index (Phi) is 10.3. The van der Waals surface area contributed by atoms with Crippen LogP contribution in [0.5, 0.6) is 17.2 Å². The quantitative estimate of drug-likeness (QED) is 0.160. The van der Waals surface area contributed by atoms with Gasteiger partial charge in [0, 0.05) is 18.7 Å². The van der Waals surface area contributed by atoms with E-state index in [-0.39, 0.29) is 11.3 Å². The number of methoxy groups -OCH3 is 1. The fourth-order valence-electron chi connectivity index (χ4n) is 4.75. The van der Waals surface area contributed by atoms with Crippen molar-refractivity contribution in [1.82, 2.24) is 9.80 Å². The van der Waals surface area contributed by atoms with E-state index in [2.05, 4.69) is 13.8 Å². The number of likely N-dealkylation sites (N-methyl/N-ethyl adjacent to an activating group) is 1. The molecule has 4 rings (SSSR count). The lowest BCUT2D eigenvalue weighted by Gasteiger charge is -2.27. The lowest BCUT2D eigenvalue weighted by atomic mass is 9.95. The smallest absolute Gasteiger partial charge is 0.295 e. The van der Waals surface area contributed by atoms with Crippen molar-refractivity contribution in [2.45, 2.75) is 32.9 Å². The molecular formula is C34H40N2O6. The fourth-order valence-corrected chi connectivity index (χ4v) is 4.75. The van der Waals surface area contributed by atoms with Crippen LogP contribution < -0.4 is 14.2 Å². The summed E-state index contributed by atoms with van der Waals surface area (Å²) in [6, 6.07) is 21.3. The van der Waals surface area contributed by atoms with Gasteiger partial charge in [-0.05, 0) is 74.0 Å². The zero-order chi connectivity index (χ0) is 30.2. The molecular weight excluding hydrogens is 532 g/mol. The Morgan fingerprint density at radius 3 is 2.31 bits per heavy atom. The van der Waals surface area contributed by atoms with E-state index < -0.39 is 17.7 Å². The first-order valence-corrected chi connectivity index (χ1v) is 14.2. The van der Waals surface area contributed by atoms with Gasteiger partial charge in [0.05, 0.1) is 25.3 Å². The normalized spacial score (nSPS) is 16.4. The number of carbonyl (C=O) groups excluding carboxylic acids is 2. The molecule has 8 heteroatoms. The number of nitrogens with zero attached hydrogens (tertiary/aromatic N) is 2. The van der Waals surface area contributed by atoms with Crippen molar-refractivity contribution >= 4 is 17.4 Å². The van der Waals surface area contributed by atoms with Crippen LogP contribution in [0.2, 0.25) is 0 Å². The predicted molar refractivity (Wildman–Crippen MR) is 163 cm³/mol. The van der Waals surface area contributed by atoms with Gasteiger partial charge < -0.3 is 29.1 Å². The van der Waals surface area contributed by atoms with Crippen molar-refractivity contribution in [1.29, 1.82) is 0 Å². The van der Waals surface area contributed by atoms with Crippen LogP contribution in [0.1, 0.15) is 43.0 Å². The van der Waals surface area contributed by atoms with Gasteiger partial charge in [0.15, 0.2) is 11.5 Å². The molecule has 0 radical (unpaired) electrons. The number of amides is 1.